The second kappa shape index (κ2) is 12.3. The molecular formula is C15H28O6. The highest BCUT2D eigenvalue weighted by molar-refractivity contribution is 5.60. The van der Waals surface area contributed by atoms with Crippen molar-refractivity contribution in [3.63, 3.8) is 0 Å². The lowest BCUT2D eigenvalue weighted by Gasteiger charge is -2.13. The molecule has 0 saturated heterocycles. The summed E-state index contributed by atoms with van der Waals surface area (Å²) in [5.74, 6) is 0.266. The number of hydrogen-bond acceptors (Lipinski definition) is 6. The maximum absolute atomic E-state index is 11.3. The Morgan fingerprint density at radius 1 is 0.905 bits per heavy atom. The van der Waals surface area contributed by atoms with Crippen LogP contribution in [0.15, 0.2) is 0 Å². The number of unbranched alkanes of at least 4 members (excludes halogenated alkanes) is 2. The van der Waals surface area contributed by atoms with E-state index >= 15 is 0 Å². The van der Waals surface area contributed by atoms with E-state index in [1.54, 1.807) is 6.92 Å². The van der Waals surface area contributed by atoms with Gasteiger partial charge in [-0.25, -0.2) is 9.59 Å². The van der Waals surface area contributed by atoms with Gasteiger partial charge >= 0.3 is 12.3 Å². The molecule has 6 nitrogen and oxygen atoms in total. The van der Waals surface area contributed by atoms with Crippen LogP contribution >= 0.6 is 0 Å². The minimum absolute atomic E-state index is 0.140. The molecule has 0 saturated carbocycles. The molecule has 124 valence electrons. The van der Waals surface area contributed by atoms with Crippen LogP contribution in [0, 0.1) is 5.92 Å². The van der Waals surface area contributed by atoms with Gasteiger partial charge in [0.15, 0.2) is 0 Å². The molecule has 0 N–H and O–H groups in total. The Morgan fingerprint density at radius 3 is 2.19 bits per heavy atom. The van der Waals surface area contributed by atoms with Crippen molar-refractivity contribution >= 4 is 12.3 Å². The highest BCUT2D eigenvalue weighted by Crippen LogP contribution is 2.03. The van der Waals surface area contributed by atoms with Crippen LogP contribution in [0.3, 0.4) is 0 Å². The Labute approximate surface area is 127 Å². The highest BCUT2D eigenvalue weighted by Gasteiger charge is 2.12. The third-order valence-electron chi connectivity index (χ3n) is 2.54. The van der Waals surface area contributed by atoms with Gasteiger partial charge in [0.25, 0.3) is 0 Å². The molecule has 0 amide bonds. The molecule has 1 atom stereocenters. The van der Waals surface area contributed by atoms with Crippen LogP contribution in [0.5, 0.6) is 0 Å². The Hall–Kier alpha value is -1.46. The van der Waals surface area contributed by atoms with E-state index in [-0.39, 0.29) is 18.6 Å². The molecule has 0 bridgehead atoms. The minimum Gasteiger partial charge on any atom is -0.434 e. The average Bonchev–Trinajstić information content (AvgIpc) is 2.41. The first-order valence-electron chi connectivity index (χ1n) is 7.58. The molecule has 0 aromatic carbocycles. The lowest BCUT2D eigenvalue weighted by Crippen LogP contribution is -2.20. The monoisotopic (exact) mass is 304 g/mol. The van der Waals surface area contributed by atoms with Gasteiger partial charge in [-0.3, -0.25) is 0 Å². The predicted molar refractivity (Wildman–Crippen MR) is 78.2 cm³/mol. The Morgan fingerprint density at radius 2 is 1.57 bits per heavy atom. The van der Waals surface area contributed by atoms with Crippen molar-refractivity contribution in [2.75, 3.05) is 19.8 Å². The van der Waals surface area contributed by atoms with Crippen LogP contribution in [-0.2, 0) is 18.9 Å². The first-order valence-corrected chi connectivity index (χ1v) is 7.58. The lowest BCUT2D eigenvalue weighted by atomic mass is 10.2. The molecule has 0 fully saturated rings. The molecule has 0 spiro atoms. The van der Waals surface area contributed by atoms with Gasteiger partial charge in [-0.1, -0.05) is 33.6 Å². The van der Waals surface area contributed by atoms with Crippen molar-refractivity contribution in [3.05, 3.63) is 0 Å². The van der Waals surface area contributed by atoms with E-state index in [0.717, 1.165) is 19.3 Å². The maximum atomic E-state index is 11.3. The summed E-state index contributed by atoms with van der Waals surface area (Å²) in [6, 6.07) is 0. The number of carbonyl (C=O) groups is 2. The van der Waals surface area contributed by atoms with Gasteiger partial charge in [-0.2, -0.15) is 0 Å². The van der Waals surface area contributed by atoms with Crippen molar-refractivity contribution in [2.24, 2.45) is 5.92 Å². The van der Waals surface area contributed by atoms with Gasteiger partial charge in [-0.05, 0) is 19.3 Å². The van der Waals surface area contributed by atoms with Crippen molar-refractivity contribution in [2.45, 2.75) is 59.5 Å². The zero-order chi connectivity index (χ0) is 16.1. The van der Waals surface area contributed by atoms with E-state index in [4.69, 9.17) is 18.9 Å². The van der Waals surface area contributed by atoms with Crippen molar-refractivity contribution < 1.29 is 28.5 Å². The van der Waals surface area contributed by atoms with E-state index < -0.39 is 12.3 Å². The second-order valence-electron chi connectivity index (χ2n) is 5.33. The molecule has 1 unspecified atom stereocenters. The summed E-state index contributed by atoms with van der Waals surface area (Å²) in [5.41, 5.74) is 0. The van der Waals surface area contributed by atoms with E-state index in [0.29, 0.717) is 19.6 Å². The van der Waals surface area contributed by atoms with Crippen LogP contribution in [-0.4, -0.2) is 38.2 Å². The van der Waals surface area contributed by atoms with Crippen LogP contribution in [0.4, 0.5) is 9.59 Å². The van der Waals surface area contributed by atoms with Crippen molar-refractivity contribution in [3.8, 4) is 0 Å². The van der Waals surface area contributed by atoms with E-state index in [2.05, 4.69) is 6.92 Å². The van der Waals surface area contributed by atoms with Gasteiger partial charge in [0.1, 0.15) is 6.10 Å². The predicted octanol–water partition coefficient (Wildman–Crippen LogP) is 3.92. The van der Waals surface area contributed by atoms with Gasteiger partial charge in [-0.15, -0.1) is 0 Å². The SMILES string of the molecule is CCCCCOC(=O)OC(C)CCOC(=O)OCC(C)C. The topological polar surface area (TPSA) is 71.1 Å². The number of rotatable bonds is 10. The molecule has 0 rings (SSSR count). The van der Waals surface area contributed by atoms with E-state index in [9.17, 15) is 9.59 Å². The van der Waals surface area contributed by atoms with Crippen LogP contribution in [0.25, 0.3) is 0 Å². The second-order valence-corrected chi connectivity index (χ2v) is 5.33. The Kier molecular flexibility index (Phi) is 11.4. The molecule has 0 aliphatic heterocycles. The number of hydrogen-bond donors (Lipinski definition) is 0. The van der Waals surface area contributed by atoms with Gasteiger partial charge in [0.2, 0.25) is 0 Å². The molecule has 0 aromatic heterocycles. The summed E-state index contributed by atoms with van der Waals surface area (Å²) in [7, 11) is 0. The summed E-state index contributed by atoms with van der Waals surface area (Å²) >= 11 is 0. The first-order chi connectivity index (χ1) is 9.95. The largest absolute Gasteiger partial charge is 0.508 e. The fourth-order valence-electron chi connectivity index (χ4n) is 1.35. The van der Waals surface area contributed by atoms with Crippen molar-refractivity contribution in [1.82, 2.24) is 0 Å². The smallest absolute Gasteiger partial charge is 0.434 e. The molecule has 6 heteroatoms. The number of ether oxygens (including phenoxy) is 4. The Bertz CT molecular complexity index is 290. The molecule has 0 aliphatic carbocycles. The minimum atomic E-state index is -0.696. The van der Waals surface area contributed by atoms with Gasteiger partial charge < -0.3 is 18.9 Å². The lowest BCUT2D eigenvalue weighted by molar-refractivity contribution is 0.0109. The summed E-state index contributed by atoms with van der Waals surface area (Å²) in [6.45, 7) is 8.51. The zero-order valence-electron chi connectivity index (χ0n) is 13.6. The molecule has 0 aliphatic rings. The quantitative estimate of drug-likeness (QED) is 0.450. The highest BCUT2D eigenvalue weighted by atomic mass is 16.7. The fourth-order valence-corrected chi connectivity index (χ4v) is 1.35. The molecule has 21 heavy (non-hydrogen) atoms. The molecule has 0 heterocycles. The molecule has 0 radical (unpaired) electrons. The summed E-state index contributed by atoms with van der Waals surface area (Å²) in [5, 5.41) is 0. The van der Waals surface area contributed by atoms with E-state index in [1.807, 2.05) is 13.8 Å². The summed E-state index contributed by atoms with van der Waals surface area (Å²) < 4.78 is 19.6. The van der Waals surface area contributed by atoms with Crippen molar-refractivity contribution in [1.29, 1.82) is 0 Å². The molecule has 0 aromatic rings. The van der Waals surface area contributed by atoms with Crippen LogP contribution < -0.4 is 0 Å². The van der Waals surface area contributed by atoms with Gasteiger partial charge in [0.05, 0.1) is 19.8 Å². The molecular weight excluding hydrogens is 276 g/mol. The van der Waals surface area contributed by atoms with Gasteiger partial charge in [0, 0.05) is 6.42 Å². The van der Waals surface area contributed by atoms with Crippen LogP contribution in [0.1, 0.15) is 53.4 Å². The standard InChI is InChI=1S/C15H28O6/c1-5-6-7-9-18-15(17)21-13(4)8-10-19-14(16)20-11-12(2)3/h12-13H,5-11H2,1-4H3. The third-order valence-corrected chi connectivity index (χ3v) is 2.54. The Balaban J connectivity index is 3.58. The fraction of sp³-hybridized carbons (Fsp3) is 0.867. The summed E-state index contributed by atoms with van der Waals surface area (Å²) in [4.78, 5) is 22.5. The average molecular weight is 304 g/mol. The number of carbonyl (C=O) groups excluding carboxylic acids is 2. The normalized spacial score (nSPS) is 11.9. The van der Waals surface area contributed by atoms with E-state index in [1.165, 1.54) is 0 Å². The zero-order valence-corrected chi connectivity index (χ0v) is 13.6. The van der Waals surface area contributed by atoms with Crippen LogP contribution in [0.2, 0.25) is 0 Å². The third kappa shape index (κ3) is 13.3. The maximum Gasteiger partial charge on any atom is 0.508 e. The first kappa shape index (κ1) is 19.5. The summed E-state index contributed by atoms with van der Waals surface area (Å²) in [6.07, 6.45) is 1.58.